The fourth-order valence-corrected chi connectivity index (χ4v) is 4.78. The molecule has 2 aliphatic rings. The number of hydrogen-bond acceptors (Lipinski definition) is 1. The molecule has 2 heteroatoms. The van der Waals surface area contributed by atoms with Gasteiger partial charge in [0.2, 0.25) is 0 Å². The van der Waals surface area contributed by atoms with Crippen molar-refractivity contribution < 1.29 is 0 Å². The maximum atomic E-state index is 5.80. The van der Waals surface area contributed by atoms with Crippen LogP contribution in [0.4, 0.5) is 0 Å². The Labute approximate surface area is 113 Å². The molecule has 0 N–H and O–H groups in total. The van der Waals surface area contributed by atoms with E-state index in [0.717, 1.165) is 17.8 Å². The molecule has 2 fully saturated rings. The van der Waals surface area contributed by atoms with Crippen LogP contribution in [0.5, 0.6) is 0 Å². The van der Waals surface area contributed by atoms with Crippen LogP contribution in [0.25, 0.3) is 0 Å². The van der Waals surface area contributed by atoms with Crippen LogP contribution < -0.4 is 0 Å². The Morgan fingerprint density at radius 1 is 1.12 bits per heavy atom. The molecule has 0 aliphatic heterocycles. The zero-order valence-corrected chi connectivity index (χ0v) is 11.6. The molecule has 0 saturated heterocycles. The van der Waals surface area contributed by atoms with Gasteiger partial charge in [0.05, 0.1) is 0 Å². The quantitative estimate of drug-likeness (QED) is 0.549. The van der Waals surface area contributed by atoms with Gasteiger partial charge in [-0.25, -0.2) is 0 Å². The van der Waals surface area contributed by atoms with Crippen LogP contribution in [0.15, 0.2) is 29.2 Å². The summed E-state index contributed by atoms with van der Waals surface area (Å²) in [6, 6.07) is 8.73. The van der Waals surface area contributed by atoms with E-state index in [2.05, 4.69) is 24.3 Å². The van der Waals surface area contributed by atoms with Gasteiger partial charge < -0.3 is 0 Å². The molecule has 3 rings (SSSR count). The van der Waals surface area contributed by atoms with Gasteiger partial charge in [0.15, 0.2) is 0 Å². The third-order valence-electron chi connectivity index (χ3n) is 4.43. The maximum Gasteiger partial charge on any atom is 0.0474 e. The van der Waals surface area contributed by atoms with Crippen molar-refractivity contribution in [2.24, 2.45) is 17.8 Å². The van der Waals surface area contributed by atoms with E-state index in [1.165, 1.54) is 41.9 Å². The second-order valence-electron chi connectivity index (χ2n) is 5.52. The lowest BCUT2D eigenvalue weighted by molar-refractivity contribution is 0.365. The summed E-state index contributed by atoms with van der Waals surface area (Å²) in [5, 5.41) is 0. The van der Waals surface area contributed by atoms with Gasteiger partial charge in [-0.15, -0.1) is 23.4 Å². The number of rotatable bonds is 4. The molecule has 17 heavy (non-hydrogen) atoms. The summed E-state index contributed by atoms with van der Waals surface area (Å²) < 4.78 is 0. The standard InChI is InChI=1S/C15H19ClS/c16-9-11-2-5-15(6-3-11)17-10-14-8-12-1-4-13(14)7-12/h2-3,5-6,12-14H,1,4,7-10H2. The molecular formula is C15H19ClS. The molecule has 0 heterocycles. The topological polar surface area (TPSA) is 0 Å². The smallest absolute Gasteiger partial charge is 0.0474 e. The summed E-state index contributed by atoms with van der Waals surface area (Å²) in [5.41, 5.74) is 1.22. The number of thioether (sulfide) groups is 1. The highest BCUT2D eigenvalue weighted by atomic mass is 35.5. The molecule has 1 aromatic carbocycles. The summed E-state index contributed by atoms with van der Waals surface area (Å²) in [4.78, 5) is 1.40. The van der Waals surface area contributed by atoms with Gasteiger partial charge in [-0.05, 0) is 54.7 Å². The second kappa shape index (κ2) is 5.24. The van der Waals surface area contributed by atoms with Gasteiger partial charge in [0.1, 0.15) is 0 Å². The van der Waals surface area contributed by atoms with E-state index in [-0.39, 0.29) is 0 Å². The van der Waals surface area contributed by atoms with Gasteiger partial charge in [-0.3, -0.25) is 0 Å². The average molecular weight is 267 g/mol. The summed E-state index contributed by atoms with van der Waals surface area (Å²) in [6.45, 7) is 0. The largest absolute Gasteiger partial charge is 0.126 e. The lowest BCUT2D eigenvalue weighted by Crippen LogP contribution is -2.12. The van der Waals surface area contributed by atoms with E-state index >= 15 is 0 Å². The third kappa shape index (κ3) is 2.66. The van der Waals surface area contributed by atoms with Crippen molar-refractivity contribution in [2.75, 3.05) is 5.75 Å². The normalized spacial score (nSPS) is 31.0. The first-order valence-corrected chi connectivity index (χ1v) is 8.15. The zero-order valence-electron chi connectivity index (χ0n) is 10.1. The fraction of sp³-hybridized carbons (Fsp3) is 0.600. The Hall–Kier alpha value is -0.140. The van der Waals surface area contributed by atoms with Gasteiger partial charge in [0.25, 0.3) is 0 Å². The van der Waals surface area contributed by atoms with Crippen molar-refractivity contribution in [1.29, 1.82) is 0 Å². The lowest BCUT2D eigenvalue weighted by atomic mass is 9.90. The summed E-state index contributed by atoms with van der Waals surface area (Å²) in [6.07, 6.45) is 6.03. The molecule has 0 aromatic heterocycles. The minimum atomic E-state index is 0.622. The molecule has 2 aliphatic carbocycles. The minimum Gasteiger partial charge on any atom is -0.126 e. The number of benzene rings is 1. The highest BCUT2D eigenvalue weighted by Gasteiger charge is 2.38. The minimum absolute atomic E-state index is 0.622. The molecule has 0 nitrogen and oxygen atoms in total. The SMILES string of the molecule is ClCc1ccc(SCC2CC3CCC2C3)cc1. The summed E-state index contributed by atoms with van der Waals surface area (Å²) in [7, 11) is 0. The number of alkyl halides is 1. The Morgan fingerprint density at radius 2 is 1.94 bits per heavy atom. The first-order chi connectivity index (χ1) is 8.35. The molecular weight excluding hydrogens is 248 g/mol. The number of fused-ring (bicyclic) bond motifs is 2. The van der Waals surface area contributed by atoms with Crippen LogP contribution >= 0.6 is 23.4 Å². The molecule has 3 unspecified atom stereocenters. The molecule has 0 amide bonds. The van der Waals surface area contributed by atoms with Crippen LogP contribution in [-0.2, 0) is 5.88 Å². The highest BCUT2D eigenvalue weighted by molar-refractivity contribution is 7.99. The Bertz CT molecular complexity index is 373. The van der Waals surface area contributed by atoms with Gasteiger partial charge in [0, 0.05) is 16.5 Å². The molecule has 92 valence electrons. The van der Waals surface area contributed by atoms with Crippen molar-refractivity contribution in [3.05, 3.63) is 29.8 Å². The number of hydrogen-bond donors (Lipinski definition) is 0. The summed E-state index contributed by atoms with van der Waals surface area (Å²) in [5.74, 6) is 5.06. The molecule has 2 saturated carbocycles. The van der Waals surface area contributed by atoms with Crippen molar-refractivity contribution in [1.82, 2.24) is 0 Å². The molecule has 0 radical (unpaired) electrons. The Morgan fingerprint density at radius 3 is 2.53 bits per heavy atom. The van der Waals surface area contributed by atoms with Gasteiger partial charge in [-0.1, -0.05) is 18.6 Å². The highest BCUT2D eigenvalue weighted by Crippen LogP contribution is 2.49. The van der Waals surface area contributed by atoms with E-state index in [9.17, 15) is 0 Å². The Kier molecular flexibility index (Phi) is 3.67. The predicted molar refractivity (Wildman–Crippen MR) is 75.7 cm³/mol. The monoisotopic (exact) mass is 266 g/mol. The van der Waals surface area contributed by atoms with E-state index in [1.807, 2.05) is 11.8 Å². The maximum absolute atomic E-state index is 5.80. The van der Waals surface area contributed by atoms with E-state index in [0.29, 0.717) is 5.88 Å². The van der Waals surface area contributed by atoms with Gasteiger partial charge >= 0.3 is 0 Å². The van der Waals surface area contributed by atoms with Crippen molar-refractivity contribution in [3.63, 3.8) is 0 Å². The van der Waals surface area contributed by atoms with Crippen molar-refractivity contribution in [3.8, 4) is 0 Å². The molecule has 2 bridgehead atoms. The third-order valence-corrected chi connectivity index (χ3v) is 5.94. The van der Waals surface area contributed by atoms with Crippen LogP contribution in [0.2, 0.25) is 0 Å². The van der Waals surface area contributed by atoms with Crippen LogP contribution in [0.1, 0.15) is 31.2 Å². The first kappa shape index (κ1) is 11.9. The second-order valence-corrected chi connectivity index (χ2v) is 6.88. The van der Waals surface area contributed by atoms with Crippen LogP contribution in [0.3, 0.4) is 0 Å². The molecule has 3 atom stereocenters. The number of halogens is 1. The summed E-state index contributed by atoms with van der Waals surface area (Å²) >= 11 is 7.83. The first-order valence-electron chi connectivity index (χ1n) is 6.63. The van der Waals surface area contributed by atoms with E-state index in [4.69, 9.17) is 11.6 Å². The van der Waals surface area contributed by atoms with E-state index < -0.39 is 0 Å². The molecule has 1 aromatic rings. The van der Waals surface area contributed by atoms with Crippen molar-refractivity contribution in [2.45, 2.75) is 36.5 Å². The van der Waals surface area contributed by atoms with Gasteiger partial charge in [-0.2, -0.15) is 0 Å². The van der Waals surface area contributed by atoms with Crippen LogP contribution in [0, 0.1) is 17.8 Å². The molecule has 0 spiro atoms. The average Bonchev–Trinajstić information content (AvgIpc) is 2.99. The lowest BCUT2D eigenvalue weighted by Gasteiger charge is -2.20. The zero-order chi connectivity index (χ0) is 11.7. The fourth-order valence-electron chi connectivity index (χ4n) is 3.46. The van der Waals surface area contributed by atoms with Crippen LogP contribution in [-0.4, -0.2) is 5.75 Å². The van der Waals surface area contributed by atoms with Crippen molar-refractivity contribution >= 4 is 23.4 Å². The Balaban J connectivity index is 1.53. The van der Waals surface area contributed by atoms with E-state index in [1.54, 1.807) is 0 Å². The predicted octanol–water partition coefficient (Wildman–Crippen LogP) is 4.95.